The SMILES string of the molecule is CSc1ccc([C@H](Nc2cccc(C)n2)c2ccc3ccc(C)nc3c2O)cc1. The minimum atomic E-state index is -0.257. The van der Waals surface area contributed by atoms with Crippen LogP contribution >= 0.6 is 11.8 Å². The van der Waals surface area contributed by atoms with E-state index >= 15 is 0 Å². The maximum atomic E-state index is 11.1. The van der Waals surface area contributed by atoms with Gasteiger partial charge >= 0.3 is 0 Å². The Morgan fingerprint density at radius 3 is 2.31 bits per heavy atom. The Kier molecular flexibility index (Phi) is 5.41. The Bertz CT molecular complexity index is 1160. The molecule has 2 aromatic carbocycles. The zero-order valence-electron chi connectivity index (χ0n) is 16.7. The van der Waals surface area contributed by atoms with Crippen LogP contribution in [-0.2, 0) is 0 Å². The molecule has 4 rings (SSSR count). The van der Waals surface area contributed by atoms with Gasteiger partial charge in [-0.15, -0.1) is 11.8 Å². The summed E-state index contributed by atoms with van der Waals surface area (Å²) in [7, 11) is 0. The van der Waals surface area contributed by atoms with Crippen molar-refractivity contribution < 1.29 is 5.11 Å². The topological polar surface area (TPSA) is 58.0 Å². The van der Waals surface area contributed by atoms with Crippen molar-refractivity contribution in [2.45, 2.75) is 24.8 Å². The van der Waals surface area contributed by atoms with E-state index in [1.807, 2.05) is 56.3 Å². The first kappa shape index (κ1) is 19.3. The molecule has 0 amide bonds. The van der Waals surface area contributed by atoms with Gasteiger partial charge in [-0.3, -0.25) is 0 Å². The van der Waals surface area contributed by atoms with E-state index < -0.39 is 0 Å². The molecule has 146 valence electrons. The lowest BCUT2D eigenvalue weighted by molar-refractivity contribution is 0.471. The second-order valence-electron chi connectivity index (χ2n) is 7.04. The van der Waals surface area contributed by atoms with Crippen LogP contribution in [0, 0.1) is 13.8 Å². The van der Waals surface area contributed by atoms with Gasteiger partial charge in [-0.1, -0.05) is 36.4 Å². The van der Waals surface area contributed by atoms with E-state index in [1.165, 1.54) is 4.90 Å². The van der Waals surface area contributed by atoms with Crippen molar-refractivity contribution in [1.29, 1.82) is 0 Å². The summed E-state index contributed by atoms with van der Waals surface area (Å²) in [5.41, 5.74) is 4.25. The third-order valence-corrected chi connectivity index (χ3v) is 5.69. The lowest BCUT2D eigenvalue weighted by Gasteiger charge is -2.22. The minimum Gasteiger partial charge on any atom is -0.505 e. The van der Waals surface area contributed by atoms with Crippen molar-refractivity contribution >= 4 is 28.5 Å². The van der Waals surface area contributed by atoms with Crippen LogP contribution in [0.5, 0.6) is 5.75 Å². The third-order valence-electron chi connectivity index (χ3n) is 4.95. The van der Waals surface area contributed by atoms with Crippen LogP contribution in [0.4, 0.5) is 5.82 Å². The molecule has 0 aliphatic heterocycles. The van der Waals surface area contributed by atoms with Gasteiger partial charge in [0, 0.05) is 27.2 Å². The average Bonchev–Trinajstić information content (AvgIpc) is 2.73. The van der Waals surface area contributed by atoms with Crippen LogP contribution in [-0.4, -0.2) is 21.3 Å². The molecule has 0 saturated heterocycles. The number of fused-ring (bicyclic) bond motifs is 1. The first-order valence-corrected chi connectivity index (χ1v) is 10.7. The highest BCUT2D eigenvalue weighted by Crippen LogP contribution is 2.36. The molecule has 0 aliphatic rings. The van der Waals surface area contributed by atoms with E-state index in [0.29, 0.717) is 5.52 Å². The molecule has 0 spiro atoms. The molecule has 0 saturated carbocycles. The average molecular weight is 402 g/mol. The number of aromatic nitrogens is 2. The second kappa shape index (κ2) is 8.13. The van der Waals surface area contributed by atoms with Crippen molar-refractivity contribution in [2.24, 2.45) is 0 Å². The Hall–Kier alpha value is -3.05. The van der Waals surface area contributed by atoms with Gasteiger partial charge < -0.3 is 10.4 Å². The smallest absolute Gasteiger partial charge is 0.147 e. The summed E-state index contributed by atoms with van der Waals surface area (Å²) in [6.07, 6.45) is 2.06. The third kappa shape index (κ3) is 4.05. The molecule has 0 unspecified atom stereocenters. The predicted octanol–water partition coefficient (Wildman–Crippen LogP) is 5.88. The van der Waals surface area contributed by atoms with Crippen LogP contribution in [0.2, 0.25) is 0 Å². The standard InChI is InChI=1S/C24H23N3OS/c1-15-5-4-6-21(25-15)27-22(17-9-12-19(29-3)13-10-17)20-14-11-18-8-7-16(2)26-23(18)24(20)28/h4-14,22,28H,1-3H3,(H,25,27)/t22-/m0/s1. The molecule has 0 radical (unpaired) electrons. The number of aromatic hydroxyl groups is 1. The van der Waals surface area contributed by atoms with E-state index in [-0.39, 0.29) is 11.8 Å². The molecule has 2 aromatic heterocycles. The van der Waals surface area contributed by atoms with Crippen molar-refractivity contribution in [1.82, 2.24) is 9.97 Å². The number of phenols is 1. The minimum absolute atomic E-state index is 0.199. The number of pyridine rings is 2. The zero-order chi connectivity index (χ0) is 20.4. The summed E-state index contributed by atoms with van der Waals surface area (Å²) in [5.74, 6) is 0.964. The molecule has 2 N–H and O–H groups in total. The number of aryl methyl sites for hydroxylation is 2. The second-order valence-corrected chi connectivity index (χ2v) is 7.92. The van der Waals surface area contributed by atoms with Gasteiger partial charge in [0.15, 0.2) is 0 Å². The molecule has 2 heterocycles. The number of hydrogen-bond acceptors (Lipinski definition) is 5. The summed E-state index contributed by atoms with van der Waals surface area (Å²) in [6, 6.07) is 21.9. The molecular formula is C24H23N3OS. The Morgan fingerprint density at radius 2 is 1.59 bits per heavy atom. The molecule has 4 aromatic rings. The van der Waals surface area contributed by atoms with Gasteiger partial charge in [-0.25, -0.2) is 9.97 Å². The van der Waals surface area contributed by atoms with Gasteiger partial charge in [-0.05, 0) is 56.0 Å². The maximum Gasteiger partial charge on any atom is 0.147 e. The van der Waals surface area contributed by atoms with E-state index in [4.69, 9.17) is 0 Å². The fraction of sp³-hybridized carbons (Fsp3) is 0.167. The largest absolute Gasteiger partial charge is 0.505 e. The molecule has 5 heteroatoms. The molecule has 0 aliphatic carbocycles. The van der Waals surface area contributed by atoms with E-state index in [2.05, 4.69) is 45.8 Å². The normalized spacial score (nSPS) is 12.1. The van der Waals surface area contributed by atoms with E-state index in [9.17, 15) is 5.11 Å². The quantitative estimate of drug-likeness (QED) is 0.409. The van der Waals surface area contributed by atoms with Crippen molar-refractivity contribution in [3.63, 3.8) is 0 Å². The lowest BCUT2D eigenvalue weighted by atomic mass is 9.96. The van der Waals surface area contributed by atoms with Crippen molar-refractivity contribution in [3.8, 4) is 5.75 Å². The number of thioether (sulfide) groups is 1. The Balaban J connectivity index is 1.84. The maximum absolute atomic E-state index is 11.1. The Labute approximate surface area is 175 Å². The molecule has 0 fully saturated rings. The number of benzene rings is 2. The lowest BCUT2D eigenvalue weighted by Crippen LogP contribution is -2.14. The van der Waals surface area contributed by atoms with Crippen LogP contribution in [0.25, 0.3) is 10.9 Å². The molecule has 1 atom stereocenters. The summed E-state index contributed by atoms with van der Waals surface area (Å²) in [6.45, 7) is 3.90. The van der Waals surface area contributed by atoms with Gasteiger partial charge in [0.1, 0.15) is 17.1 Å². The summed E-state index contributed by atoms with van der Waals surface area (Å²) < 4.78 is 0. The van der Waals surface area contributed by atoms with Gasteiger partial charge in [-0.2, -0.15) is 0 Å². The summed E-state index contributed by atoms with van der Waals surface area (Å²) >= 11 is 1.71. The van der Waals surface area contributed by atoms with Crippen molar-refractivity contribution in [2.75, 3.05) is 11.6 Å². The van der Waals surface area contributed by atoms with Crippen LogP contribution in [0.15, 0.2) is 71.6 Å². The molecule has 0 bridgehead atoms. The fourth-order valence-corrected chi connectivity index (χ4v) is 3.84. The number of nitrogens with zero attached hydrogens (tertiary/aromatic N) is 2. The highest BCUT2D eigenvalue weighted by molar-refractivity contribution is 7.98. The van der Waals surface area contributed by atoms with Gasteiger partial charge in [0.2, 0.25) is 0 Å². The molecule has 4 nitrogen and oxygen atoms in total. The fourth-order valence-electron chi connectivity index (χ4n) is 3.43. The Morgan fingerprint density at radius 1 is 0.862 bits per heavy atom. The number of anilines is 1. The molecule has 29 heavy (non-hydrogen) atoms. The highest BCUT2D eigenvalue weighted by Gasteiger charge is 2.20. The number of rotatable bonds is 5. The first-order chi connectivity index (χ1) is 14.0. The summed E-state index contributed by atoms with van der Waals surface area (Å²) in [5, 5.41) is 15.5. The predicted molar refractivity (Wildman–Crippen MR) is 121 cm³/mol. The van der Waals surface area contributed by atoms with E-state index in [1.54, 1.807) is 11.8 Å². The summed E-state index contributed by atoms with van der Waals surface area (Å²) in [4.78, 5) is 10.4. The molecular weight excluding hydrogens is 378 g/mol. The van der Waals surface area contributed by atoms with Crippen molar-refractivity contribution in [3.05, 3.63) is 89.2 Å². The monoisotopic (exact) mass is 401 g/mol. The first-order valence-electron chi connectivity index (χ1n) is 9.48. The van der Waals surface area contributed by atoms with Gasteiger partial charge in [0.05, 0.1) is 6.04 Å². The number of phenolic OH excluding ortho intramolecular Hbond substituents is 1. The zero-order valence-corrected chi connectivity index (χ0v) is 17.5. The van der Waals surface area contributed by atoms with E-state index in [0.717, 1.165) is 33.7 Å². The number of nitrogens with one attached hydrogen (secondary N) is 1. The van der Waals surface area contributed by atoms with Crippen LogP contribution in [0.3, 0.4) is 0 Å². The van der Waals surface area contributed by atoms with Gasteiger partial charge in [0.25, 0.3) is 0 Å². The highest BCUT2D eigenvalue weighted by atomic mass is 32.2. The number of hydrogen-bond donors (Lipinski definition) is 2. The van der Waals surface area contributed by atoms with Crippen LogP contribution < -0.4 is 5.32 Å². The van der Waals surface area contributed by atoms with Crippen LogP contribution in [0.1, 0.15) is 28.6 Å².